The molecule has 2 rings (SSSR count). The van der Waals surface area contributed by atoms with Crippen LogP contribution in [0.15, 0.2) is 23.1 Å². The molecule has 8 heteroatoms. The van der Waals surface area contributed by atoms with E-state index in [9.17, 15) is 17.6 Å². The molecule has 1 saturated heterocycles. The van der Waals surface area contributed by atoms with Crippen LogP contribution in [0, 0.1) is 5.82 Å². The molecule has 5 nitrogen and oxygen atoms in total. The van der Waals surface area contributed by atoms with E-state index in [2.05, 4.69) is 0 Å². The van der Waals surface area contributed by atoms with Crippen LogP contribution in [0.5, 0.6) is 0 Å². The van der Waals surface area contributed by atoms with Crippen LogP contribution in [-0.2, 0) is 14.8 Å². The molecule has 1 aromatic rings. The molecule has 1 atom stereocenters. The summed E-state index contributed by atoms with van der Waals surface area (Å²) in [7, 11) is -3.95. The zero-order valence-corrected chi connectivity index (χ0v) is 11.4. The molecular formula is C11H12ClFN2O3S. The number of benzene rings is 1. The third-order valence-electron chi connectivity index (χ3n) is 3.01. The van der Waals surface area contributed by atoms with Gasteiger partial charge in [-0.1, -0.05) is 11.6 Å². The summed E-state index contributed by atoms with van der Waals surface area (Å²) in [5.74, 6) is -1.32. The van der Waals surface area contributed by atoms with E-state index >= 15 is 0 Å². The molecule has 1 fully saturated rings. The molecule has 1 heterocycles. The van der Waals surface area contributed by atoms with Gasteiger partial charge in [-0.05, 0) is 31.0 Å². The number of hydrogen-bond donors (Lipinski definition) is 1. The van der Waals surface area contributed by atoms with Gasteiger partial charge in [0.15, 0.2) is 0 Å². The van der Waals surface area contributed by atoms with Crippen molar-refractivity contribution in [2.24, 2.45) is 5.73 Å². The minimum absolute atomic E-state index is 0.198. The summed E-state index contributed by atoms with van der Waals surface area (Å²) in [4.78, 5) is 11.0. The second kappa shape index (κ2) is 5.07. The maximum Gasteiger partial charge on any atom is 0.245 e. The van der Waals surface area contributed by atoms with Crippen LogP contribution < -0.4 is 5.73 Å². The Morgan fingerprint density at radius 3 is 2.74 bits per heavy atom. The lowest BCUT2D eigenvalue weighted by atomic mass is 10.2. The van der Waals surface area contributed by atoms with Gasteiger partial charge in [0.05, 0.1) is 5.02 Å². The van der Waals surface area contributed by atoms with Gasteiger partial charge >= 0.3 is 0 Å². The van der Waals surface area contributed by atoms with Gasteiger partial charge in [0, 0.05) is 6.54 Å². The van der Waals surface area contributed by atoms with Crippen LogP contribution in [0.25, 0.3) is 0 Å². The maximum atomic E-state index is 13.0. The average Bonchev–Trinajstić information content (AvgIpc) is 2.77. The molecule has 0 radical (unpaired) electrons. The molecule has 0 bridgehead atoms. The molecule has 1 aliphatic heterocycles. The summed E-state index contributed by atoms with van der Waals surface area (Å²) in [6.45, 7) is 0.198. The molecule has 1 aromatic carbocycles. The minimum Gasteiger partial charge on any atom is -0.368 e. The number of sulfonamides is 1. The van der Waals surface area contributed by atoms with Crippen molar-refractivity contribution in [2.75, 3.05) is 6.54 Å². The fraction of sp³-hybridized carbons (Fsp3) is 0.364. The summed E-state index contributed by atoms with van der Waals surface area (Å²) in [6.07, 6.45) is 0.930. The third-order valence-corrected chi connectivity index (χ3v) is 5.40. The molecule has 2 N–H and O–H groups in total. The van der Waals surface area contributed by atoms with Gasteiger partial charge in [-0.25, -0.2) is 12.8 Å². The highest BCUT2D eigenvalue weighted by Gasteiger charge is 2.39. The Labute approximate surface area is 115 Å². The van der Waals surface area contributed by atoms with E-state index in [1.807, 2.05) is 0 Å². The van der Waals surface area contributed by atoms with E-state index in [1.54, 1.807) is 0 Å². The molecule has 1 unspecified atom stereocenters. The predicted octanol–water partition coefficient (Wildman–Crippen LogP) is 1.12. The minimum atomic E-state index is -3.95. The van der Waals surface area contributed by atoms with Crippen LogP contribution in [0.3, 0.4) is 0 Å². The van der Waals surface area contributed by atoms with Crippen molar-refractivity contribution < 1.29 is 17.6 Å². The summed E-state index contributed by atoms with van der Waals surface area (Å²) in [5, 5.41) is -0.213. The predicted molar refractivity (Wildman–Crippen MR) is 67.5 cm³/mol. The molecule has 0 aliphatic carbocycles. The largest absolute Gasteiger partial charge is 0.368 e. The van der Waals surface area contributed by atoms with Crippen LogP contribution in [0.2, 0.25) is 5.02 Å². The molecule has 19 heavy (non-hydrogen) atoms. The van der Waals surface area contributed by atoms with E-state index in [4.69, 9.17) is 17.3 Å². The SMILES string of the molecule is NC(=O)C1CCCN1S(=O)(=O)c1ccc(F)cc1Cl. The number of carbonyl (C=O) groups is 1. The Balaban J connectivity index is 2.45. The summed E-state index contributed by atoms with van der Waals surface area (Å²) < 4.78 is 38.8. The maximum absolute atomic E-state index is 13.0. The quantitative estimate of drug-likeness (QED) is 0.908. The molecular weight excluding hydrogens is 295 g/mol. The van der Waals surface area contributed by atoms with E-state index in [0.717, 1.165) is 22.5 Å². The van der Waals surface area contributed by atoms with Gasteiger partial charge in [-0.2, -0.15) is 4.31 Å². The van der Waals surface area contributed by atoms with Gasteiger partial charge in [0.25, 0.3) is 0 Å². The van der Waals surface area contributed by atoms with Crippen molar-refractivity contribution in [2.45, 2.75) is 23.8 Å². The van der Waals surface area contributed by atoms with Gasteiger partial charge in [-0.15, -0.1) is 0 Å². The number of rotatable bonds is 3. The Morgan fingerprint density at radius 2 is 2.16 bits per heavy atom. The summed E-state index contributed by atoms with van der Waals surface area (Å²) in [5.41, 5.74) is 5.19. The Hall–Kier alpha value is -1.18. The van der Waals surface area contributed by atoms with Gasteiger partial charge < -0.3 is 5.73 Å². The standard InChI is InChI=1S/C11H12ClFN2O3S/c12-8-6-7(13)3-4-10(8)19(17,18)15-5-1-2-9(15)11(14)16/h3-4,6,9H,1-2,5H2,(H2,14,16). The lowest BCUT2D eigenvalue weighted by Gasteiger charge is -2.22. The van der Waals surface area contributed by atoms with Crippen LogP contribution in [0.1, 0.15) is 12.8 Å². The van der Waals surface area contributed by atoms with Gasteiger partial charge in [0.1, 0.15) is 16.8 Å². The monoisotopic (exact) mass is 306 g/mol. The Bertz CT molecular complexity index is 620. The van der Waals surface area contributed by atoms with Crippen molar-refractivity contribution in [3.8, 4) is 0 Å². The average molecular weight is 307 g/mol. The number of nitrogens with zero attached hydrogens (tertiary/aromatic N) is 1. The first-order valence-corrected chi connectivity index (χ1v) is 7.42. The van der Waals surface area contributed by atoms with E-state index in [-0.39, 0.29) is 16.5 Å². The zero-order chi connectivity index (χ0) is 14.2. The smallest absolute Gasteiger partial charge is 0.245 e. The first-order valence-electron chi connectivity index (χ1n) is 5.60. The first kappa shape index (κ1) is 14.2. The number of halogens is 2. The second-order valence-electron chi connectivity index (χ2n) is 4.25. The van der Waals surface area contributed by atoms with Gasteiger partial charge in [-0.3, -0.25) is 4.79 Å². The molecule has 0 spiro atoms. The topological polar surface area (TPSA) is 80.5 Å². The normalized spacial score (nSPS) is 20.6. The number of hydrogen-bond acceptors (Lipinski definition) is 3. The third kappa shape index (κ3) is 2.58. The highest BCUT2D eigenvalue weighted by molar-refractivity contribution is 7.89. The molecule has 0 aromatic heterocycles. The number of primary amides is 1. The number of carbonyl (C=O) groups excluding carboxylic acids is 1. The Kier molecular flexibility index (Phi) is 3.80. The van der Waals surface area contributed by atoms with Crippen LogP contribution >= 0.6 is 11.6 Å². The van der Waals surface area contributed by atoms with Crippen molar-refractivity contribution >= 4 is 27.5 Å². The van der Waals surface area contributed by atoms with Crippen LogP contribution in [-0.4, -0.2) is 31.2 Å². The molecule has 104 valence electrons. The summed E-state index contributed by atoms with van der Waals surface area (Å²) in [6, 6.07) is 2.15. The van der Waals surface area contributed by atoms with Crippen molar-refractivity contribution in [3.63, 3.8) is 0 Å². The lowest BCUT2D eigenvalue weighted by Crippen LogP contribution is -2.43. The first-order chi connectivity index (χ1) is 8.84. The lowest BCUT2D eigenvalue weighted by molar-refractivity contribution is -0.121. The zero-order valence-electron chi connectivity index (χ0n) is 9.84. The van der Waals surface area contributed by atoms with Crippen molar-refractivity contribution in [3.05, 3.63) is 29.0 Å². The van der Waals surface area contributed by atoms with Crippen LogP contribution in [0.4, 0.5) is 4.39 Å². The number of nitrogens with two attached hydrogens (primary N) is 1. The second-order valence-corrected chi connectivity index (χ2v) is 6.52. The van der Waals surface area contributed by atoms with E-state index in [0.29, 0.717) is 12.8 Å². The fourth-order valence-electron chi connectivity index (χ4n) is 2.12. The fourth-order valence-corrected chi connectivity index (χ4v) is 4.29. The van der Waals surface area contributed by atoms with E-state index < -0.39 is 27.8 Å². The molecule has 1 amide bonds. The highest BCUT2D eigenvalue weighted by Crippen LogP contribution is 2.30. The number of amides is 1. The Morgan fingerprint density at radius 1 is 1.47 bits per heavy atom. The summed E-state index contributed by atoms with van der Waals surface area (Å²) >= 11 is 5.76. The van der Waals surface area contributed by atoms with Gasteiger partial charge in [0.2, 0.25) is 15.9 Å². The van der Waals surface area contributed by atoms with Crippen molar-refractivity contribution in [1.29, 1.82) is 0 Å². The van der Waals surface area contributed by atoms with Crippen molar-refractivity contribution in [1.82, 2.24) is 4.31 Å². The van der Waals surface area contributed by atoms with E-state index in [1.165, 1.54) is 0 Å². The highest BCUT2D eigenvalue weighted by atomic mass is 35.5. The molecule has 1 aliphatic rings. The molecule has 0 saturated carbocycles.